The molecule has 0 radical (unpaired) electrons. The van der Waals surface area contributed by atoms with E-state index in [-0.39, 0.29) is 0 Å². The minimum Gasteiger partial charge on any atom is -0.355 e. The molecule has 3 aromatic heterocycles. The molecule has 6 heteroatoms. The molecule has 1 fully saturated rings. The van der Waals surface area contributed by atoms with E-state index in [0.29, 0.717) is 6.04 Å². The molecule has 1 atom stereocenters. The average Bonchev–Trinajstić information content (AvgIpc) is 3.28. The van der Waals surface area contributed by atoms with Gasteiger partial charge in [0.2, 0.25) is 0 Å². The average molecular weight is 314 g/mol. The quantitative estimate of drug-likeness (QED) is 0.725. The van der Waals surface area contributed by atoms with Gasteiger partial charge in [-0.15, -0.1) is 11.3 Å². The minimum absolute atomic E-state index is 0.529. The molecule has 4 rings (SSSR count). The SMILES string of the molecule is c1csc(-c2cc(CN3CCC[C@H]3Cn3cccn3)no2)c1. The van der Waals surface area contributed by atoms with Crippen LogP contribution >= 0.6 is 11.3 Å². The summed E-state index contributed by atoms with van der Waals surface area (Å²) in [6, 6.07) is 8.66. The largest absolute Gasteiger partial charge is 0.355 e. The number of likely N-dealkylation sites (tertiary alicyclic amines) is 1. The lowest BCUT2D eigenvalue weighted by atomic mass is 10.2. The van der Waals surface area contributed by atoms with E-state index in [4.69, 9.17) is 4.52 Å². The van der Waals surface area contributed by atoms with Gasteiger partial charge in [0.25, 0.3) is 0 Å². The lowest BCUT2D eigenvalue weighted by molar-refractivity contribution is 0.213. The van der Waals surface area contributed by atoms with Gasteiger partial charge in [-0.05, 0) is 36.9 Å². The van der Waals surface area contributed by atoms with Gasteiger partial charge in [0.15, 0.2) is 5.76 Å². The van der Waals surface area contributed by atoms with Gasteiger partial charge in [0.05, 0.1) is 17.1 Å². The van der Waals surface area contributed by atoms with Crippen molar-refractivity contribution < 1.29 is 4.52 Å². The summed E-state index contributed by atoms with van der Waals surface area (Å²) in [6.45, 7) is 2.91. The number of nitrogens with zero attached hydrogens (tertiary/aromatic N) is 4. The standard InChI is InChI=1S/C16H18N4OS/c1-4-14(12-20-8-3-6-17-20)19(7-1)11-13-10-15(21-18-13)16-5-2-9-22-16/h2-3,5-6,8-10,14H,1,4,7,11-12H2/t14-/m0/s1. The van der Waals surface area contributed by atoms with Crippen LogP contribution in [0, 0.1) is 0 Å². The van der Waals surface area contributed by atoms with Gasteiger partial charge in [-0.2, -0.15) is 5.10 Å². The Balaban J connectivity index is 1.44. The van der Waals surface area contributed by atoms with Crippen LogP contribution in [0.1, 0.15) is 18.5 Å². The van der Waals surface area contributed by atoms with Gasteiger partial charge < -0.3 is 4.52 Å². The van der Waals surface area contributed by atoms with Gasteiger partial charge in [-0.1, -0.05) is 11.2 Å². The molecule has 0 bridgehead atoms. The first-order chi connectivity index (χ1) is 10.9. The molecule has 0 unspecified atom stereocenters. The molecule has 1 aliphatic heterocycles. The minimum atomic E-state index is 0.529. The third kappa shape index (κ3) is 2.84. The lowest BCUT2D eigenvalue weighted by Gasteiger charge is -2.23. The fraction of sp³-hybridized carbons (Fsp3) is 0.375. The van der Waals surface area contributed by atoms with Crippen molar-refractivity contribution in [2.24, 2.45) is 0 Å². The fourth-order valence-electron chi connectivity index (χ4n) is 3.06. The van der Waals surface area contributed by atoms with Crippen molar-refractivity contribution in [3.8, 4) is 10.6 Å². The first-order valence-electron chi connectivity index (χ1n) is 7.59. The molecule has 0 amide bonds. The monoisotopic (exact) mass is 314 g/mol. The Morgan fingerprint density at radius 2 is 2.36 bits per heavy atom. The first kappa shape index (κ1) is 13.7. The van der Waals surface area contributed by atoms with E-state index in [0.717, 1.165) is 36.0 Å². The molecule has 0 N–H and O–H groups in total. The molecule has 4 heterocycles. The van der Waals surface area contributed by atoms with E-state index in [1.54, 1.807) is 11.3 Å². The Hall–Kier alpha value is -1.92. The van der Waals surface area contributed by atoms with Crippen molar-refractivity contribution in [3.63, 3.8) is 0 Å². The van der Waals surface area contributed by atoms with Crippen molar-refractivity contribution in [1.29, 1.82) is 0 Å². The van der Waals surface area contributed by atoms with E-state index >= 15 is 0 Å². The highest BCUT2D eigenvalue weighted by Crippen LogP contribution is 2.27. The fourth-order valence-corrected chi connectivity index (χ4v) is 3.74. The summed E-state index contributed by atoms with van der Waals surface area (Å²) in [5.41, 5.74) is 1.01. The van der Waals surface area contributed by atoms with Crippen molar-refractivity contribution >= 4 is 11.3 Å². The smallest absolute Gasteiger partial charge is 0.177 e. The first-order valence-corrected chi connectivity index (χ1v) is 8.47. The van der Waals surface area contributed by atoms with Crippen LogP contribution in [0.4, 0.5) is 0 Å². The van der Waals surface area contributed by atoms with Crippen molar-refractivity contribution in [3.05, 3.63) is 47.7 Å². The molecule has 1 saturated heterocycles. The van der Waals surface area contributed by atoms with Crippen LogP contribution in [0.5, 0.6) is 0 Å². The summed E-state index contributed by atoms with van der Waals surface area (Å²) in [5.74, 6) is 0.868. The third-order valence-corrected chi connectivity index (χ3v) is 5.03. The highest BCUT2D eigenvalue weighted by atomic mass is 32.1. The summed E-state index contributed by atoms with van der Waals surface area (Å²) >= 11 is 1.68. The Labute approximate surface area is 133 Å². The number of aromatic nitrogens is 3. The molecule has 5 nitrogen and oxygen atoms in total. The van der Waals surface area contributed by atoms with Crippen LogP contribution in [-0.4, -0.2) is 32.4 Å². The maximum absolute atomic E-state index is 5.48. The number of hydrogen-bond acceptors (Lipinski definition) is 5. The molecular weight excluding hydrogens is 296 g/mol. The van der Waals surface area contributed by atoms with Crippen LogP contribution in [0.2, 0.25) is 0 Å². The normalized spacial score (nSPS) is 19.0. The molecular formula is C16H18N4OS. The number of thiophene rings is 1. The third-order valence-electron chi connectivity index (χ3n) is 4.14. The molecule has 3 aromatic rings. The topological polar surface area (TPSA) is 47.1 Å². The van der Waals surface area contributed by atoms with Gasteiger partial charge in [0.1, 0.15) is 0 Å². The predicted molar refractivity (Wildman–Crippen MR) is 85.5 cm³/mol. The molecule has 0 aliphatic carbocycles. The van der Waals surface area contributed by atoms with Crippen molar-refractivity contribution in [2.45, 2.75) is 32.0 Å². The van der Waals surface area contributed by atoms with E-state index in [9.17, 15) is 0 Å². The maximum Gasteiger partial charge on any atom is 0.177 e. The van der Waals surface area contributed by atoms with Gasteiger partial charge in [-0.3, -0.25) is 9.58 Å². The summed E-state index contributed by atoms with van der Waals surface area (Å²) in [5, 5.41) is 10.6. The summed E-state index contributed by atoms with van der Waals surface area (Å²) in [7, 11) is 0. The van der Waals surface area contributed by atoms with E-state index in [1.807, 2.05) is 29.2 Å². The Bertz CT molecular complexity index is 704. The second-order valence-corrected chi connectivity index (χ2v) is 6.60. The zero-order valence-electron chi connectivity index (χ0n) is 12.3. The Morgan fingerprint density at radius 1 is 1.36 bits per heavy atom. The zero-order valence-corrected chi connectivity index (χ0v) is 13.1. The van der Waals surface area contributed by atoms with Crippen LogP contribution in [0.3, 0.4) is 0 Å². The number of rotatable bonds is 5. The molecule has 114 valence electrons. The molecule has 22 heavy (non-hydrogen) atoms. The van der Waals surface area contributed by atoms with Gasteiger partial charge in [0, 0.05) is 31.0 Å². The van der Waals surface area contributed by atoms with E-state index < -0.39 is 0 Å². The molecule has 0 aromatic carbocycles. The van der Waals surface area contributed by atoms with Crippen LogP contribution in [0.15, 0.2) is 46.6 Å². The lowest BCUT2D eigenvalue weighted by Crippen LogP contribution is -2.32. The van der Waals surface area contributed by atoms with E-state index in [1.165, 1.54) is 12.8 Å². The van der Waals surface area contributed by atoms with Gasteiger partial charge in [-0.25, -0.2) is 0 Å². The second-order valence-electron chi connectivity index (χ2n) is 5.65. The number of hydrogen-bond donors (Lipinski definition) is 0. The highest BCUT2D eigenvalue weighted by Gasteiger charge is 2.26. The Morgan fingerprint density at radius 3 is 3.18 bits per heavy atom. The van der Waals surface area contributed by atoms with Crippen LogP contribution in [-0.2, 0) is 13.1 Å². The summed E-state index contributed by atoms with van der Waals surface area (Å²) < 4.78 is 7.49. The predicted octanol–water partition coefficient (Wildman–Crippen LogP) is 3.26. The maximum atomic E-state index is 5.48. The van der Waals surface area contributed by atoms with Gasteiger partial charge >= 0.3 is 0 Å². The van der Waals surface area contributed by atoms with Crippen LogP contribution in [0.25, 0.3) is 10.6 Å². The highest BCUT2D eigenvalue weighted by molar-refractivity contribution is 7.13. The zero-order chi connectivity index (χ0) is 14.8. The van der Waals surface area contributed by atoms with Crippen molar-refractivity contribution in [1.82, 2.24) is 19.8 Å². The van der Waals surface area contributed by atoms with Crippen molar-refractivity contribution in [2.75, 3.05) is 6.54 Å². The molecule has 0 saturated carbocycles. The molecule has 1 aliphatic rings. The second kappa shape index (κ2) is 6.06. The summed E-state index contributed by atoms with van der Waals surface area (Å²) in [6.07, 6.45) is 6.32. The Kier molecular flexibility index (Phi) is 3.78. The molecule has 0 spiro atoms. The van der Waals surface area contributed by atoms with E-state index in [2.05, 4.69) is 32.7 Å². The summed E-state index contributed by atoms with van der Waals surface area (Å²) in [4.78, 5) is 3.62. The van der Waals surface area contributed by atoms with Crippen LogP contribution < -0.4 is 0 Å².